The second kappa shape index (κ2) is 9.82. The average Bonchev–Trinajstić information content (AvgIpc) is 2.74. The van der Waals surface area contributed by atoms with Crippen LogP contribution in [0.1, 0.15) is 35.3 Å². The Morgan fingerprint density at radius 1 is 1.03 bits per heavy atom. The average molecular weight is 391 g/mol. The van der Waals surface area contributed by atoms with Crippen molar-refractivity contribution < 1.29 is 9.18 Å². The van der Waals surface area contributed by atoms with Gasteiger partial charge < -0.3 is 10.2 Å². The molecule has 1 heterocycles. The number of pyridine rings is 1. The maximum atomic E-state index is 13.7. The first-order valence-electron chi connectivity index (χ1n) is 9.83. The molecule has 0 spiro atoms. The van der Waals surface area contributed by atoms with Crippen LogP contribution in [0, 0.1) is 5.82 Å². The van der Waals surface area contributed by atoms with Gasteiger partial charge in [0.1, 0.15) is 11.6 Å². The van der Waals surface area contributed by atoms with Crippen molar-refractivity contribution in [3.8, 4) is 0 Å². The molecule has 0 aliphatic heterocycles. The van der Waals surface area contributed by atoms with Crippen LogP contribution in [-0.4, -0.2) is 28.4 Å². The van der Waals surface area contributed by atoms with Crippen LogP contribution in [0.2, 0.25) is 0 Å². The number of aromatic nitrogens is 1. The van der Waals surface area contributed by atoms with E-state index in [0.717, 1.165) is 5.56 Å². The predicted molar refractivity (Wildman–Crippen MR) is 114 cm³/mol. The summed E-state index contributed by atoms with van der Waals surface area (Å²) in [4.78, 5) is 19.1. The Labute approximate surface area is 171 Å². The van der Waals surface area contributed by atoms with Crippen molar-refractivity contribution in [1.82, 2.24) is 9.88 Å². The molecule has 0 unspecified atom stereocenters. The number of amides is 1. The molecule has 0 fully saturated rings. The summed E-state index contributed by atoms with van der Waals surface area (Å²) in [5.74, 6) is 0.418. The number of rotatable bonds is 8. The van der Waals surface area contributed by atoms with Gasteiger partial charge in [0.2, 0.25) is 0 Å². The van der Waals surface area contributed by atoms with Gasteiger partial charge in [-0.3, -0.25) is 4.79 Å². The topological polar surface area (TPSA) is 45.2 Å². The molecule has 3 rings (SSSR count). The summed E-state index contributed by atoms with van der Waals surface area (Å²) in [6.45, 7) is 5.13. The molecule has 150 valence electrons. The monoisotopic (exact) mass is 391 g/mol. The fourth-order valence-corrected chi connectivity index (χ4v) is 3.09. The van der Waals surface area contributed by atoms with E-state index in [-0.39, 0.29) is 17.8 Å². The lowest BCUT2D eigenvalue weighted by atomic mass is 10.1. The van der Waals surface area contributed by atoms with Crippen molar-refractivity contribution in [2.45, 2.75) is 32.9 Å². The fourth-order valence-electron chi connectivity index (χ4n) is 3.09. The maximum Gasteiger partial charge on any atom is 0.255 e. The van der Waals surface area contributed by atoms with Gasteiger partial charge in [-0.15, -0.1) is 0 Å². The zero-order valence-electron chi connectivity index (χ0n) is 16.8. The normalized spacial score (nSPS) is 10.8. The Balaban J connectivity index is 1.60. The smallest absolute Gasteiger partial charge is 0.255 e. The highest BCUT2D eigenvalue weighted by atomic mass is 19.1. The van der Waals surface area contributed by atoms with Gasteiger partial charge in [-0.2, -0.15) is 0 Å². The molecule has 0 atom stereocenters. The summed E-state index contributed by atoms with van der Waals surface area (Å²) < 4.78 is 13.7. The SMILES string of the molecule is CC(C)N(Cc1ccccc1)C(=O)c1ccc(NCCc2ccccc2F)nc1. The Morgan fingerprint density at radius 3 is 2.41 bits per heavy atom. The number of anilines is 1. The van der Waals surface area contributed by atoms with Crippen molar-refractivity contribution in [3.05, 3.63) is 95.4 Å². The van der Waals surface area contributed by atoms with E-state index >= 15 is 0 Å². The summed E-state index contributed by atoms with van der Waals surface area (Å²) >= 11 is 0. The Morgan fingerprint density at radius 2 is 1.76 bits per heavy atom. The molecule has 0 aliphatic carbocycles. The van der Waals surface area contributed by atoms with Crippen molar-refractivity contribution in [2.24, 2.45) is 0 Å². The number of carbonyl (C=O) groups is 1. The van der Waals surface area contributed by atoms with E-state index in [2.05, 4.69) is 10.3 Å². The molecular formula is C24H26FN3O. The van der Waals surface area contributed by atoms with Crippen molar-refractivity contribution in [2.75, 3.05) is 11.9 Å². The third-order valence-electron chi connectivity index (χ3n) is 4.75. The van der Waals surface area contributed by atoms with Gasteiger partial charge in [-0.25, -0.2) is 9.37 Å². The number of nitrogens with zero attached hydrogens (tertiary/aromatic N) is 2. The first kappa shape index (κ1) is 20.5. The highest BCUT2D eigenvalue weighted by molar-refractivity contribution is 5.94. The molecule has 0 saturated carbocycles. The van der Waals surface area contributed by atoms with E-state index in [0.29, 0.717) is 36.5 Å². The number of hydrogen-bond donors (Lipinski definition) is 1. The lowest BCUT2D eigenvalue weighted by Gasteiger charge is -2.27. The van der Waals surface area contributed by atoms with E-state index in [1.807, 2.05) is 55.1 Å². The van der Waals surface area contributed by atoms with Gasteiger partial charge in [0.05, 0.1) is 5.56 Å². The molecule has 2 aromatic carbocycles. The fraction of sp³-hybridized carbons (Fsp3) is 0.250. The van der Waals surface area contributed by atoms with E-state index in [1.165, 1.54) is 6.07 Å². The largest absolute Gasteiger partial charge is 0.370 e. The van der Waals surface area contributed by atoms with E-state index < -0.39 is 0 Å². The van der Waals surface area contributed by atoms with Crippen molar-refractivity contribution in [1.29, 1.82) is 0 Å². The summed E-state index contributed by atoms with van der Waals surface area (Å²) in [5.41, 5.74) is 2.31. The lowest BCUT2D eigenvalue weighted by Crippen LogP contribution is -2.36. The van der Waals surface area contributed by atoms with Crippen LogP contribution in [0.25, 0.3) is 0 Å². The van der Waals surface area contributed by atoms with Crippen LogP contribution < -0.4 is 5.32 Å². The van der Waals surface area contributed by atoms with Gasteiger partial charge in [-0.1, -0.05) is 48.5 Å². The number of hydrogen-bond acceptors (Lipinski definition) is 3. The Hall–Kier alpha value is -3.21. The minimum absolute atomic E-state index is 0.0470. The molecule has 1 aromatic heterocycles. The van der Waals surface area contributed by atoms with E-state index in [1.54, 1.807) is 30.5 Å². The first-order valence-corrected chi connectivity index (χ1v) is 9.83. The van der Waals surface area contributed by atoms with Crippen LogP contribution in [0.3, 0.4) is 0 Å². The second-order valence-electron chi connectivity index (χ2n) is 7.21. The van der Waals surface area contributed by atoms with Crippen molar-refractivity contribution >= 4 is 11.7 Å². The third-order valence-corrected chi connectivity index (χ3v) is 4.75. The van der Waals surface area contributed by atoms with Crippen LogP contribution in [0.5, 0.6) is 0 Å². The summed E-state index contributed by atoms with van der Waals surface area (Å²) in [6.07, 6.45) is 2.15. The highest BCUT2D eigenvalue weighted by Crippen LogP contribution is 2.15. The van der Waals surface area contributed by atoms with Gasteiger partial charge in [-0.05, 0) is 49.6 Å². The Bertz CT molecular complexity index is 926. The highest BCUT2D eigenvalue weighted by Gasteiger charge is 2.19. The van der Waals surface area contributed by atoms with Gasteiger partial charge in [0.25, 0.3) is 5.91 Å². The van der Waals surface area contributed by atoms with Crippen molar-refractivity contribution in [3.63, 3.8) is 0 Å². The lowest BCUT2D eigenvalue weighted by molar-refractivity contribution is 0.0690. The molecule has 29 heavy (non-hydrogen) atoms. The first-order chi connectivity index (χ1) is 14.0. The minimum Gasteiger partial charge on any atom is -0.370 e. The van der Waals surface area contributed by atoms with Gasteiger partial charge in [0.15, 0.2) is 0 Å². The standard InChI is InChI=1S/C24H26FN3O/c1-18(2)28(17-19-8-4-3-5-9-19)24(29)21-12-13-23(27-16-21)26-15-14-20-10-6-7-11-22(20)25/h3-13,16,18H,14-15,17H2,1-2H3,(H,26,27). The van der Waals surface area contributed by atoms with Crippen LogP contribution >= 0.6 is 0 Å². The quantitative estimate of drug-likeness (QED) is 0.592. The van der Waals surface area contributed by atoms with Crippen LogP contribution in [0.15, 0.2) is 72.9 Å². The molecule has 3 aromatic rings. The van der Waals surface area contributed by atoms with Crippen LogP contribution in [0.4, 0.5) is 10.2 Å². The molecule has 1 amide bonds. The zero-order valence-corrected chi connectivity index (χ0v) is 16.8. The van der Waals surface area contributed by atoms with Gasteiger partial charge in [0, 0.05) is 25.3 Å². The third kappa shape index (κ3) is 5.64. The van der Waals surface area contributed by atoms with Gasteiger partial charge >= 0.3 is 0 Å². The molecule has 0 radical (unpaired) electrons. The minimum atomic E-state index is -0.199. The molecule has 0 saturated heterocycles. The summed E-state index contributed by atoms with van der Waals surface area (Å²) in [7, 11) is 0. The predicted octanol–water partition coefficient (Wildman–Crippen LogP) is 4.93. The summed E-state index contributed by atoms with van der Waals surface area (Å²) in [5, 5.41) is 3.18. The molecule has 4 nitrogen and oxygen atoms in total. The maximum absolute atomic E-state index is 13.7. The zero-order chi connectivity index (χ0) is 20.6. The second-order valence-corrected chi connectivity index (χ2v) is 7.21. The molecular weight excluding hydrogens is 365 g/mol. The number of nitrogens with one attached hydrogen (secondary N) is 1. The summed E-state index contributed by atoms with van der Waals surface area (Å²) in [6, 6.07) is 20.3. The number of benzene rings is 2. The van der Waals surface area contributed by atoms with E-state index in [4.69, 9.17) is 0 Å². The molecule has 0 aliphatic rings. The number of carbonyl (C=O) groups excluding carboxylic acids is 1. The molecule has 1 N–H and O–H groups in total. The van der Waals surface area contributed by atoms with E-state index in [9.17, 15) is 9.18 Å². The molecule has 0 bridgehead atoms. The van der Waals surface area contributed by atoms with Crippen LogP contribution in [-0.2, 0) is 13.0 Å². The number of halogens is 1. The molecule has 5 heteroatoms. The Kier molecular flexibility index (Phi) is 6.95.